The molecule has 7 heteroatoms. The fourth-order valence-electron chi connectivity index (χ4n) is 1.51. The quantitative estimate of drug-likeness (QED) is 0.628. The van der Waals surface area contributed by atoms with Crippen LogP contribution in [0.5, 0.6) is 0 Å². The van der Waals surface area contributed by atoms with Crippen molar-refractivity contribution < 1.29 is 12.8 Å². The number of benzene rings is 2. The van der Waals surface area contributed by atoms with Crippen LogP contribution in [0, 0.1) is 0 Å². The lowest BCUT2D eigenvalue weighted by Gasteiger charge is -1.99. The molecule has 0 fully saturated rings. The topological polar surface area (TPSA) is 74.1 Å². The van der Waals surface area contributed by atoms with Crippen LogP contribution in [0.1, 0.15) is 5.56 Å². The van der Waals surface area contributed by atoms with Gasteiger partial charge in [0.15, 0.2) is 0 Å². The minimum absolute atomic E-state index is 0.0459. The van der Waals surface area contributed by atoms with Crippen LogP contribution in [0.3, 0.4) is 0 Å². The molecule has 0 amide bonds. The number of sulfonamides is 1. The Kier molecular flexibility index (Phi) is 4.47. The molecule has 0 aliphatic rings. The summed E-state index contributed by atoms with van der Waals surface area (Å²) in [5.41, 5.74) is 6.32. The summed E-state index contributed by atoms with van der Waals surface area (Å²) in [4.78, 5) is 0.137. The van der Waals surface area contributed by atoms with E-state index in [-0.39, 0.29) is 10.7 Å². The van der Waals surface area contributed by atoms with Gasteiger partial charge in [0.25, 0.3) is 5.84 Å². The smallest absolute Gasteiger partial charge is 0.286 e. The lowest BCUT2D eigenvalue weighted by molar-refractivity contribution is -0.268. The summed E-state index contributed by atoms with van der Waals surface area (Å²) in [6, 6.07) is 12.8. The molecule has 0 unspecified atom stereocenters. The summed E-state index contributed by atoms with van der Waals surface area (Å²) in [6.45, 7) is 0. The van der Waals surface area contributed by atoms with Gasteiger partial charge >= 0.3 is 10.0 Å². The molecule has 4 nitrogen and oxygen atoms in total. The Morgan fingerprint density at radius 2 is 1.60 bits per heavy atom. The van der Waals surface area contributed by atoms with Crippen molar-refractivity contribution in [2.24, 2.45) is 5.73 Å². The highest BCUT2D eigenvalue weighted by Gasteiger charge is 2.17. The number of hydrogen-bond donors (Lipinski definition) is 2. The predicted octanol–water partition coefficient (Wildman–Crippen LogP) is 1.28. The van der Waals surface area contributed by atoms with Gasteiger partial charge < -0.3 is 0 Å². The second kappa shape index (κ2) is 5.95. The van der Waals surface area contributed by atoms with E-state index < -0.39 is 10.0 Å². The zero-order valence-electron chi connectivity index (χ0n) is 10.2. The fourth-order valence-corrected chi connectivity index (χ4v) is 2.92. The van der Waals surface area contributed by atoms with Crippen LogP contribution in [0.15, 0.2) is 57.9 Å². The minimum Gasteiger partial charge on any atom is -0.286 e. The van der Waals surface area contributed by atoms with E-state index in [4.69, 9.17) is 17.3 Å². The number of rotatable bonds is 3. The molecule has 0 bridgehead atoms. The average molecular weight is 375 g/mol. The first kappa shape index (κ1) is 15.0. The van der Waals surface area contributed by atoms with Crippen molar-refractivity contribution in [3.63, 3.8) is 0 Å². The van der Waals surface area contributed by atoms with Gasteiger partial charge in [-0.25, -0.2) is 0 Å². The van der Waals surface area contributed by atoms with Crippen molar-refractivity contribution in [2.75, 3.05) is 0 Å². The largest absolute Gasteiger partial charge is 0.328 e. The Bertz CT molecular complexity index is 741. The first-order valence-corrected chi connectivity index (χ1v) is 8.21. The number of nitrogens with one attached hydrogen (secondary N) is 1. The average Bonchev–Trinajstić information content (AvgIpc) is 2.39. The van der Waals surface area contributed by atoms with Gasteiger partial charge in [0.2, 0.25) is 0 Å². The molecule has 2 aromatic carbocycles. The molecule has 20 heavy (non-hydrogen) atoms. The van der Waals surface area contributed by atoms with Crippen molar-refractivity contribution in [3.05, 3.63) is 63.6 Å². The lowest BCUT2D eigenvalue weighted by Crippen LogP contribution is -2.78. The Labute approximate surface area is 130 Å². The Balaban J connectivity index is 2.37. The Morgan fingerprint density at radius 1 is 1.05 bits per heavy atom. The first-order valence-electron chi connectivity index (χ1n) is 5.55. The standard InChI is InChI=1S/C13H10BrClN2O2S/c14-10-3-7-12(8-4-10)20(18,19)17-13(16)9-1-5-11(15)6-2-9/h1-8H,(H2,16,17)/p+1. The molecule has 0 heterocycles. The van der Waals surface area contributed by atoms with Crippen LogP contribution in [0.2, 0.25) is 5.02 Å². The molecular weight excluding hydrogens is 364 g/mol. The van der Waals surface area contributed by atoms with Gasteiger partial charge in [-0.2, -0.15) is 12.8 Å². The molecule has 0 saturated heterocycles. The fraction of sp³-hybridized carbons (Fsp3) is 0. The van der Waals surface area contributed by atoms with Crippen LogP contribution >= 0.6 is 27.5 Å². The highest BCUT2D eigenvalue weighted by molar-refractivity contribution is 9.10. The molecule has 0 atom stereocenters. The van der Waals surface area contributed by atoms with Gasteiger partial charge in [0, 0.05) is 9.50 Å². The van der Waals surface area contributed by atoms with Crippen molar-refractivity contribution in [1.82, 2.24) is 0 Å². The number of hydrogen-bond acceptors (Lipinski definition) is 2. The third kappa shape index (κ3) is 3.59. The van der Waals surface area contributed by atoms with Crippen LogP contribution in [0.4, 0.5) is 0 Å². The molecule has 0 aliphatic carbocycles. The van der Waals surface area contributed by atoms with Gasteiger partial charge in [0.05, 0.1) is 5.56 Å². The van der Waals surface area contributed by atoms with E-state index >= 15 is 0 Å². The van der Waals surface area contributed by atoms with Crippen molar-refractivity contribution in [2.45, 2.75) is 4.90 Å². The number of nitrogen functional groups attached to an aromatic ring is 1. The van der Waals surface area contributed by atoms with Crippen LogP contribution < -0.4 is 10.1 Å². The van der Waals surface area contributed by atoms with Gasteiger partial charge in [-0.15, -0.1) is 0 Å². The van der Waals surface area contributed by atoms with Gasteiger partial charge in [0.1, 0.15) is 4.90 Å². The second-order valence-corrected chi connectivity index (χ2v) is 7.01. The highest BCUT2D eigenvalue weighted by Crippen LogP contribution is 2.12. The van der Waals surface area contributed by atoms with E-state index in [1.54, 1.807) is 36.4 Å². The van der Waals surface area contributed by atoms with Crippen molar-refractivity contribution in [1.29, 1.82) is 0 Å². The second-order valence-electron chi connectivity index (χ2n) is 3.98. The molecule has 0 aromatic heterocycles. The number of nitrogens with two attached hydrogens (primary N) is 1. The van der Waals surface area contributed by atoms with E-state index in [9.17, 15) is 8.42 Å². The van der Waals surface area contributed by atoms with Crippen molar-refractivity contribution >= 4 is 43.4 Å². The maximum Gasteiger partial charge on any atom is 0.328 e. The minimum atomic E-state index is -3.70. The molecule has 0 saturated carbocycles. The summed E-state index contributed by atoms with van der Waals surface area (Å²) >= 11 is 9.02. The van der Waals surface area contributed by atoms with Gasteiger partial charge in [-0.1, -0.05) is 27.5 Å². The van der Waals surface area contributed by atoms with E-state index in [0.29, 0.717) is 10.6 Å². The molecule has 0 aliphatic heterocycles. The predicted molar refractivity (Wildman–Crippen MR) is 82.0 cm³/mol. The Morgan fingerprint density at radius 3 is 2.15 bits per heavy atom. The summed E-state index contributed by atoms with van der Waals surface area (Å²) in [5.74, 6) is 0.0459. The van der Waals surface area contributed by atoms with E-state index in [0.717, 1.165) is 4.47 Å². The van der Waals surface area contributed by atoms with Crippen LogP contribution in [0.25, 0.3) is 0 Å². The third-order valence-electron chi connectivity index (χ3n) is 2.52. The number of halogens is 2. The number of amidine groups is 1. The summed E-state index contributed by atoms with van der Waals surface area (Å²) in [5, 5.41) is 0.553. The molecule has 0 spiro atoms. The van der Waals surface area contributed by atoms with E-state index in [2.05, 4.69) is 20.3 Å². The monoisotopic (exact) mass is 373 g/mol. The van der Waals surface area contributed by atoms with Crippen molar-refractivity contribution in [3.8, 4) is 0 Å². The van der Waals surface area contributed by atoms with E-state index in [1.165, 1.54) is 12.1 Å². The summed E-state index contributed by atoms with van der Waals surface area (Å²) in [6.07, 6.45) is 0. The maximum atomic E-state index is 12.1. The molecule has 104 valence electrons. The third-order valence-corrected chi connectivity index (χ3v) is 4.69. The molecular formula is C13H11BrClN2O2S+. The summed E-state index contributed by atoms with van der Waals surface area (Å²) in [7, 11) is -3.70. The molecule has 2 rings (SSSR count). The zero-order valence-corrected chi connectivity index (χ0v) is 13.3. The van der Waals surface area contributed by atoms with Crippen LogP contribution in [-0.4, -0.2) is 14.3 Å². The lowest BCUT2D eigenvalue weighted by atomic mass is 10.2. The molecule has 2 aromatic rings. The highest BCUT2D eigenvalue weighted by atomic mass is 79.9. The molecule has 0 radical (unpaired) electrons. The SMILES string of the molecule is NC(=[NH+]S(=O)(=O)c1ccc(Br)cc1)c1ccc(Cl)cc1. The van der Waals surface area contributed by atoms with E-state index in [1.807, 2.05) is 0 Å². The Hall–Kier alpha value is -1.37. The molecule has 3 N–H and O–H groups in total. The van der Waals surface area contributed by atoms with Gasteiger partial charge in [-0.3, -0.25) is 5.73 Å². The van der Waals surface area contributed by atoms with Crippen LogP contribution in [-0.2, 0) is 10.0 Å². The zero-order chi connectivity index (χ0) is 14.8. The summed E-state index contributed by atoms with van der Waals surface area (Å²) < 4.78 is 27.4. The first-order chi connectivity index (χ1) is 9.38. The maximum absolute atomic E-state index is 12.1. The normalized spacial score (nSPS) is 12.4. The van der Waals surface area contributed by atoms with Gasteiger partial charge in [-0.05, 0) is 48.5 Å².